The molecule has 2 rings (SSSR count). The summed E-state index contributed by atoms with van der Waals surface area (Å²) in [6, 6.07) is 14.6. The number of rotatable bonds is 6. The molecule has 0 spiro atoms. The van der Waals surface area contributed by atoms with Gasteiger partial charge in [-0.15, -0.1) is 0 Å². The highest BCUT2D eigenvalue weighted by molar-refractivity contribution is 7.80. The molecule has 2 aromatic carbocycles. The number of hydrogen-bond acceptors (Lipinski definition) is 3. The standard InChI is InChI=1S/C19H19ClN2O2S/c1-2-13-24-17-10-8-16(9-11-17)21-19(25)22-18(23)12-5-14-3-6-15(20)7-4-14/h3-12H,2,13H2,1H3,(H2,21,22,23,25)/b12-5+. The fourth-order valence-electron chi connectivity index (χ4n) is 1.92. The van der Waals surface area contributed by atoms with Crippen molar-refractivity contribution in [3.8, 4) is 5.75 Å². The molecule has 6 heteroatoms. The molecule has 0 bridgehead atoms. The third-order valence-electron chi connectivity index (χ3n) is 3.12. The van der Waals surface area contributed by atoms with E-state index in [2.05, 4.69) is 17.6 Å². The Morgan fingerprint density at radius 2 is 1.84 bits per heavy atom. The molecule has 0 aliphatic rings. The second kappa shape index (κ2) is 9.81. The van der Waals surface area contributed by atoms with Crippen LogP contribution in [0.15, 0.2) is 54.6 Å². The average Bonchev–Trinajstić information content (AvgIpc) is 2.60. The van der Waals surface area contributed by atoms with Crippen LogP contribution >= 0.6 is 23.8 Å². The van der Waals surface area contributed by atoms with Gasteiger partial charge in [-0.05, 0) is 66.7 Å². The maximum absolute atomic E-state index is 11.9. The molecule has 0 saturated carbocycles. The Morgan fingerprint density at radius 1 is 1.16 bits per heavy atom. The molecule has 0 radical (unpaired) electrons. The third kappa shape index (κ3) is 6.95. The smallest absolute Gasteiger partial charge is 0.250 e. The lowest BCUT2D eigenvalue weighted by atomic mass is 10.2. The van der Waals surface area contributed by atoms with E-state index in [1.807, 2.05) is 36.4 Å². The zero-order valence-electron chi connectivity index (χ0n) is 13.8. The van der Waals surface area contributed by atoms with Crippen molar-refractivity contribution in [1.29, 1.82) is 0 Å². The summed E-state index contributed by atoms with van der Waals surface area (Å²) in [4.78, 5) is 11.9. The van der Waals surface area contributed by atoms with Crippen molar-refractivity contribution < 1.29 is 9.53 Å². The van der Waals surface area contributed by atoms with Gasteiger partial charge < -0.3 is 10.1 Å². The Morgan fingerprint density at radius 3 is 2.48 bits per heavy atom. The fraction of sp³-hybridized carbons (Fsp3) is 0.158. The summed E-state index contributed by atoms with van der Waals surface area (Å²) in [6.07, 6.45) is 4.06. The van der Waals surface area contributed by atoms with Gasteiger partial charge in [0.15, 0.2) is 5.11 Å². The molecule has 2 aromatic rings. The van der Waals surface area contributed by atoms with E-state index in [0.29, 0.717) is 11.6 Å². The predicted octanol–water partition coefficient (Wildman–Crippen LogP) is 4.66. The molecule has 0 fully saturated rings. The number of ether oxygens (including phenoxy) is 1. The molecule has 0 unspecified atom stereocenters. The Labute approximate surface area is 157 Å². The van der Waals surface area contributed by atoms with E-state index in [4.69, 9.17) is 28.6 Å². The lowest BCUT2D eigenvalue weighted by molar-refractivity contribution is -0.115. The van der Waals surface area contributed by atoms with Crippen molar-refractivity contribution in [1.82, 2.24) is 5.32 Å². The lowest BCUT2D eigenvalue weighted by Gasteiger charge is -2.09. The summed E-state index contributed by atoms with van der Waals surface area (Å²) in [7, 11) is 0. The van der Waals surface area contributed by atoms with Crippen LogP contribution in [0.3, 0.4) is 0 Å². The van der Waals surface area contributed by atoms with E-state index in [9.17, 15) is 4.79 Å². The number of halogens is 1. The molecule has 130 valence electrons. The van der Waals surface area contributed by atoms with Crippen LogP contribution in [-0.4, -0.2) is 17.6 Å². The summed E-state index contributed by atoms with van der Waals surface area (Å²) >= 11 is 11.0. The molecule has 25 heavy (non-hydrogen) atoms. The van der Waals surface area contributed by atoms with Gasteiger partial charge in [0.05, 0.1) is 6.61 Å². The average molecular weight is 375 g/mol. The van der Waals surface area contributed by atoms with Crippen molar-refractivity contribution in [2.24, 2.45) is 0 Å². The quantitative estimate of drug-likeness (QED) is 0.570. The molecule has 1 amide bonds. The van der Waals surface area contributed by atoms with E-state index in [1.54, 1.807) is 18.2 Å². The highest BCUT2D eigenvalue weighted by atomic mass is 35.5. The second-order valence-electron chi connectivity index (χ2n) is 5.20. The van der Waals surface area contributed by atoms with E-state index >= 15 is 0 Å². The minimum atomic E-state index is -0.310. The number of thiocarbonyl (C=S) groups is 1. The maximum Gasteiger partial charge on any atom is 0.250 e. The van der Waals surface area contributed by atoms with Crippen LogP contribution in [0.2, 0.25) is 5.02 Å². The summed E-state index contributed by atoms with van der Waals surface area (Å²) in [5, 5.41) is 6.43. The number of benzene rings is 2. The number of carbonyl (C=O) groups excluding carboxylic acids is 1. The van der Waals surface area contributed by atoms with Crippen molar-refractivity contribution in [3.63, 3.8) is 0 Å². The largest absolute Gasteiger partial charge is 0.494 e. The Hall–Kier alpha value is -2.37. The zero-order chi connectivity index (χ0) is 18.1. The van der Waals surface area contributed by atoms with E-state index in [-0.39, 0.29) is 11.0 Å². The van der Waals surface area contributed by atoms with Crippen molar-refractivity contribution in [2.45, 2.75) is 13.3 Å². The van der Waals surface area contributed by atoms with Gasteiger partial charge in [-0.2, -0.15) is 0 Å². The number of nitrogens with one attached hydrogen (secondary N) is 2. The SMILES string of the molecule is CCCOc1ccc(NC(=S)NC(=O)/C=C/c2ccc(Cl)cc2)cc1. The first-order valence-corrected chi connectivity index (χ1v) is 8.64. The van der Waals surface area contributed by atoms with Gasteiger partial charge in [0, 0.05) is 16.8 Å². The topological polar surface area (TPSA) is 50.4 Å². The summed E-state index contributed by atoms with van der Waals surface area (Å²) in [5.41, 5.74) is 1.65. The van der Waals surface area contributed by atoms with Gasteiger partial charge in [-0.3, -0.25) is 10.1 Å². The predicted molar refractivity (Wildman–Crippen MR) is 107 cm³/mol. The molecule has 0 saturated heterocycles. The number of carbonyl (C=O) groups is 1. The molecule has 0 heterocycles. The summed E-state index contributed by atoms with van der Waals surface area (Å²) in [6.45, 7) is 2.74. The van der Waals surface area contributed by atoms with Gasteiger partial charge >= 0.3 is 0 Å². The van der Waals surface area contributed by atoms with Crippen LogP contribution in [0.25, 0.3) is 6.08 Å². The first kappa shape index (κ1) is 19.0. The van der Waals surface area contributed by atoms with Gasteiger partial charge in [0.2, 0.25) is 5.91 Å². The monoisotopic (exact) mass is 374 g/mol. The summed E-state index contributed by atoms with van der Waals surface area (Å²) < 4.78 is 5.51. The van der Waals surface area contributed by atoms with Crippen molar-refractivity contribution in [3.05, 3.63) is 65.2 Å². The van der Waals surface area contributed by atoms with Crippen molar-refractivity contribution >= 4 is 46.6 Å². The van der Waals surface area contributed by atoms with Crippen LogP contribution < -0.4 is 15.4 Å². The van der Waals surface area contributed by atoms with E-state index < -0.39 is 0 Å². The van der Waals surface area contributed by atoms with Crippen LogP contribution in [0.4, 0.5) is 5.69 Å². The van der Waals surface area contributed by atoms with Gasteiger partial charge in [0.1, 0.15) is 5.75 Å². The number of amides is 1. The van der Waals surface area contributed by atoms with Crippen molar-refractivity contribution in [2.75, 3.05) is 11.9 Å². The maximum atomic E-state index is 11.9. The minimum Gasteiger partial charge on any atom is -0.494 e. The molecule has 4 nitrogen and oxygen atoms in total. The molecule has 0 aliphatic carbocycles. The molecular formula is C19H19ClN2O2S. The van der Waals surface area contributed by atoms with Gasteiger partial charge in [-0.25, -0.2) is 0 Å². The van der Waals surface area contributed by atoms with Crippen LogP contribution in [0.5, 0.6) is 5.75 Å². The first-order chi connectivity index (χ1) is 12.1. The van der Waals surface area contributed by atoms with E-state index in [1.165, 1.54) is 6.08 Å². The highest BCUT2D eigenvalue weighted by Crippen LogP contribution is 2.15. The van der Waals surface area contributed by atoms with Crippen LogP contribution in [-0.2, 0) is 4.79 Å². The van der Waals surface area contributed by atoms with Crippen LogP contribution in [0.1, 0.15) is 18.9 Å². The molecular weight excluding hydrogens is 356 g/mol. The minimum absolute atomic E-state index is 0.230. The Balaban J connectivity index is 1.82. The third-order valence-corrected chi connectivity index (χ3v) is 3.58. The second-order valence-corrected chi connectivity index (χ2v) is 6.05. The Kier molecular flexibility index (Phi) is 7.44. The first-order valence-electron chi connectivity index (χ1n) is 7.85. The highest BCUT2D eigenvalue weighted by Gasteiger charge is 2.02. The molecule has 0 aliphatic heterocycles. The van der Waals surface area contributed by atoms with E-state index in [0.717, 1.165) is 23.4 Å². The fourth-order valence-corrected chi connectivity index (χ4v) is 2.26. The lowest BCUT2D eigenvalue weighted by Crippen LogP contribution is -2.32. The number of hydrogen-bond donors (Lipinski definition) is 2. The Bertz CT molecular complexity index is 743. The molecule has 0 aromatic heterocycles. The molecule has 2 N–H and O–H groups in total. The number of anilines is 1. The van der Waals surface area contributed by atoms with Gasteiger partial charge in [0.25, 0.3) is 0 Å². The normalized spacial score (nSPS) is 10.5. The van der Waals surface area contributed by atoms with Crippen LogP contribution in [0, 0.1) is 0 Å². The molecule has 0 atom stereocenters. The van der Waals surface area contributed by atoms with Gasteiger partial charge in [-0.1, -0.05) is 30.7 Å². The zero-order valence-corrected chi connectivity index (χ0v) is 15.4. The summed E-state index contributed by atoms with van der Waals surface area (Å²) in [5.74, 6) is 0.489.